The SMILES string of the molecule is CC1(C)OC(CO)C(c2ccc(Cl)cc2Cl)O1. The summed E-state index contributed by atoms with van der Waals surface area (Å²) in [4.78, 5) is 0. The first-order valence-corrected chi connectivity index (χ1v) is 6.10. The second kappa shape index (κ2) is 4.75. The first-order valence-electron chi connectivity index (χ1n) is 5.34. The van der Waals surface area contributed by atoms with Gasteiger partial charge in [0.25, 0.3) is 0 Å². The van der Waals surface area contributed by atoms with E-state index in [-0.39, 0.29) is 12.7 Å². The Hall–Kier alpha value is -0.320. The summed E-state index contributed by atoms with van der Waals surface area (Å²) in [5.74, 6) is -0.721. The van der Waals surface area contributed by atoms with Crippen LogP contribution in [-0.4, -0.2) is 23.6 Å². The Morgan fingerprint density at radius 3 is 2.59 bits per heavy atom. The third kappa shape index (κ3) is 2.75. The maximum absolute atomic E-state index is 9.30. The third-order valence-corrected chi connectivity index (χ3v) is 3.20. The van der Waals surface area contributed by atoms with Crippen molar-refractivity contribution in [3.63, 3.8) is 0 Å². The quantitative estimate of drug-likeness (QED) is 0.902. The van der Waals surface area contributed by atoms with Crippen LogP contribution in [0.4, 0.5) is 0 Å². The highest BCUT2D eigenvalue weighted by Crippen LogP contribution is 2.40. The number of halogens is 2. The average Bonchev–Trinajstić information content (AvgIpc) is 2.53. The number of rotatable bonds is 2. The van der Waals surface area contributed by atoms with Gasteiger partial charge < -0.3 is 14.6 Å². The van der Waals surface area contributed by atoms with Crippen LogP contribution in [-0.2, 0) is 9.47 Å². The highest BCUT2D eigenvalue weighted by atomic mass is 35.5. The van der Waals surface area contributed by atoms with Crippen LogP contribution in [0, 0.1) is 0 Å². The fraction of sp³-hybridized carbons (Fsp3) is 0.500. The van der Waals surface area contributed by atoms with E-state index < -0.39 is 11.9 Å². The molecule has 2 atom stereocenters. The lowest BCUT2D eigenvalue weighted by Crippen LogP contribution is -2.23. The molecule has 3 nitrogen and oxygen atoms in total. The summed E-state index contributed by atoms with van der Waals surface area (Å²) >= 11 is 12.0. The van der Waals surface area contributed by atoms with Crippen LogP contribution >= 0.6 is 23.2 Å². The Morgan fingerprint density at radius 1 is 1.29 bits per heavy atom. The standard InChI is InChI=1S/C12H14Cl2O3/c1-12(2)16-10(6-15)11(17-12)8-4-3-7(13)5-9(8)14/h3-5,10-11,15H,6H2,1-2H3. The van der Waals surface area contributed by atoms with Gasteiger partial charge in [-0.1, -0.05) is 29.3 Å². The molecule has 0 amide bonds. The monoisotopic (exact) mass is 276 g/mol. The van der Waals surface area contributed by atoms with Gasteiger partial charge in [-0.3, -0.25) is 0 Å². The predicted molar refractivity (Wildman–Crippen MR) is 66.3 cm³/mol. The van der Waals surface area contributed by atoms with Crippen molar-refractivity contribution in [2.75, 3.05) is 6.61 Å². The Balaban J connectivity index is 2.32. The maximum Gasteiger partial charge on any atom is 0.164 e. The summed E-state index contributed by atoms with van der Waals surface area (Å²) < 4.78 is 11.3. The molecule has 2 unspecified atom stereocenters. The van der Waals surface area contributed by atoms with Gasteiger partial charge in [0.1, 0.15) is 12.2 Å². The Kier molecular flexibility index (Phi) is 3.66. The molecule has 1 aromatic rings. The van der Waals surface area contributed by atoms with E-state index in [2.05, 4.69) is 0 Å². The minimum Gasteiger partial charge on any atom is -0.394 e. The number of aliphatic hydroxyl groups is 1. The summed E-state index contributed by atoms with van der Waals surface area (Å²) in [6, 6.07) is 5.19. The molecule has 0 aliphatic carbocycles. The molecule has 0 radical (unpaired) electrons. The van der Waals surface area contributed by atoms with Gasteiger partial charge in [-0.2, -0.15) is 0 Å². The van der Waals surface area contributed by atoms with Gasteiger partial charge >= 0.3 is 0 Å². The van der Waals surface area contributed by atoms with Crippen LogP contribution in [0.1, 0.15) is 25.5 Å². The van der Waals surface area contributed by atoms with Crippen LogP contribution in [0.3, 0.4) is 0 Å². The van der Waals surface area contributed by atoms with E-state index in [0.717, 1.165) is 5.56 Å². The number of ether oxygens (including phenoxy) is 2. The van der Waals surface area contributed by atoms with E-state index in [9.17, 15) is 5.11 Å². The lowest BCUT2D eigenvalue weighted by molar-refractivity contribution is -0.149. The highest BCUT2D eigenvalue weighted by molar-refractivity contribution is 6.35. The van der Waals surface area contributed by atoms with Crippen molar-refractivity contribution in [3.8, 4) is 0 Å². The van der Waals surface area contributed by atoms with Gasteiger partial charge in [0.15, 0.2) is 5.79 Å². The molecular formula is C12H14Cl2O3. The fourth-order valence-electron chi connectivity index (χ4n) is 1.96. The topological polar surface area (TPSA) is 38.7 Å². The molecule has 1 aliphatic heterocycles. The lowest BCUT2D eigenvalue weighted by atomic mass is 10.1. The second-order valence-electron chi connectivity index (χ2n) is 4.44. The number of aliphatic hydroxyl groups excluding tert-OH is 1. The van der Waals surface area contributed by atoms with Crippen molar-refractivity contribution in [1.82, 2.24) is 0 Å². The third-order valence-electron chi connectivity index (χ3n) is 2.63. The minimum absolute atomic E-state index is 0.118. The predicted octanol–water partition coefficient (Wildman–Crippen LogP) is 3.18. The van der Waals surface area contributed by atoms with Gasteiger partial charge in [0, 0.05) is 15.6 Å². The Bertz CT molecular complexity index is 420. The number of benzene rings is 1. The lowest BCUT2D eigenvalue weighted by Gasteiger charge is -2.17. The average molecular weight is 277 g/mol. The summed E-state index contributed by atoms with van der Waals surface area (Å²) in [6.07, 6.45) is -0.788. The molecule has 1 heterocycles. The number of hydrogen-bond donors (Lipinski definition) is 1. The zero-order valence-electron chi connectivity index (χ0n) is 9.61. The van der Waals surface area contributed by atoms with Crippen molar-refractivity contribution in [2.45, 2.75) is 31.8 Å². The first-order chi connectivity index (χ1) is 7.93. The summed E-state index contributed by atoms with van der Waals surface area (Å²) in [5.41, 5.74) is 0.778. The molecule has 0 saturated carbocycles. The van der Waals surface area contributed by atoms with E-state index in [0.29, 0.717) is 10.0 Å². The van der Waals surface area contributed by atoms with Crippen LogP contribution in [0.5, 0.6) is 0 Å². The normalized spacial score (nSPS) is 27.4. The van der Waals surface area contributed by atoms with Gasteiger partial charge in [-0.15, -0.1) is 0 Å². The van der Waals surface area contributed by atoms with Gasteiger partial charge in [0.05, 0.1) is 6.61 Å². The molecule has 1 saturated heterocycles. The Labute approximate surface area is 110 Å². The maximum atomic E-state index is 9.30. The first kappa shape index (κ1) is 13.1. The number of hydrogen-bond acceptors (Lipinski definition) is 3. The van der Waals surface area contributed by atoms with E-state index in [1.54, 1.807) is 32.0 Å². The molecular weight excluding hydrogens is 263 g/mol. The van der Waals surface area contributed by atoms with Crippen molar-refractivity contribution >= 4 is 23.2 Å². The highest BCUT2D eigenvalue weighted by Gasteiger charge is 2.42. The summed E-state index contributed by atoms with van der Waals surface area (Å²) in [5, 5.41) is 10.4. The molecule has 5 heteroatoms. The molecule has 0 spiro atoms. The van der Waals surface area contributed by atoms with Gasteiger partial charge in [-0.25, -0.2) is 0 Å². The molecule has 17 heavy (non-hydrogen) atoms. The molecule has 1 fully saturated rings. The van der Waals surface area contributed by atoms with Crippen LogP contribution in [0.15, 0.2) is 18.2 Å². The molecule has 1 N–H and O–H groups in total. The van der Waals surface area contributed by atoms with Gasteiger partial charge in [-0.05, 0) is 26.0 Å². The second-order valence-corrected chi connectivity index (χ2v) is 5.29. The smallest absolute Gasteiger partial charge is 0.164 e. The van der Waals surface area contributed by atoms with Crippen molar-refractivity contribution in [2.24, 2.45) is 0 Å². The van der Waals surface area contributed by atoms with Crippen molar-refractivity contribution < 1.29 is 14.6 Å². The summed E-state index contributed by atoms with van der Waals surface area (Å²) in [6.45, 7) is 3.49. The molecule has 1 aromatic carbocycles. The van der Waals surface area contributed by atoms with E-state index in [4.69, 9.17) is 32.7 Å². The molecule has 1 aliphatic rings. The largest absolute Gasteiger partial charge is 0.394 e. The molecule has 2 rings (SSSR count). The summed E-state index contributed by atoms with van der Waals surface area (Å²) in [7, 11) is 0. The van der Waals surface area contributed by atoms with Crippen LogP contribution in [0.2, 0.25) is 10.0 Å². The fourth-order valence-corrected chi connectivity index (χ4v) is 2.48. The Morgan fingerprint density at radius 2 is 2.00 bits per heavy atom. The molecule has 0 bridgehead atoms. The minimum atomic E-state index is -0.721. The van der Waals surface area contributed by atoms with E-state index in [1.165, 1.54) is 0 Å². The molecule has 0 aromatic heterocycles. The van der Waals surface area contributed by atoms with Crippen molar-refractivity contribution in [3.05, 3.63) is 33.8 Å². The van der Waals surface area contributed by atoms with Crippen LogP contribution in [0.25, 0.3) is 0 Å². The zero-order chi connectivity index (χ0) is 12.6. The van der Waals surface area contributed by atoms with Crippen LogP contribution < -0.4 is 0 Å². The van der Waals surface area contributed by atoms with Gasteiger partial charge in [0.2, 0.25) is 0 Å². The zero-order valence-corrected chi connectivity index (χ0v) is 11.1. The van der Waals surface area contributed by atoms with E-state index >= 15 is 0 Å². The van der Waals surface area contributed by atoms with E-state index in [1.807, 2.05) is 0 Å². The molecule has 94 valence electrons. The van der Waals surface area contributed by atoms with Crippen molar-refractivity contribution in [1.29, 1.82) is 0 Å².